The number of amides is 2. The van der Waals surface area contributed by atoms with Crippen LogP contribution in [0.25, 0.3) is 0 Å². The zero-order chi connectivity index (χ0) is 16.0. The fourth-order valence-electron chi connectivity index (χ4n) is 1.65. The number of benzene rings is 1. The molecule has 0 fully saturated rings. The van der Waals surface area contributed by atoms with Gasteiger partial charge in [-0.2, -0.15) is 0 Å². The first-order chi connectivity index (χ1) is 9.82. The van der Waals surface area contributed by atoms with Gasteiger partial charge in [-0.1, -0.05) is 24.6 Å². The SMILES string of the molecule is Cc1c(Cl)cccc1NC(=O)CCNC(=O)C(C)C(C)N. The molecule has 0 saturated heterocycles. The lowest BCUT2D eigenvalue weighted by atomic mass is 10.0. The molecule has 2 unspecified atom stereocenters. The van der Waals surface area contributed by atoms with Crippen molar-refractivity contribution in [2.75, 3.05) is 11.9 Å². The summed E-state index contributed by atoms with van der Waals surface area (Å²) in [5.74, 6) is -0.589. The molecule has 0 heterocycles. The largest absolute Gasteiger partial charge is 0.355 e. The molecular weight excluding hydrogens is 290 g/mol. The van der Waals surface area contributed by atoms with Crippen LogP contribution in [0.2, 0.25) is 5.02 Å². The lowest BCUT2D eigenvalue weighted by Gasteiger charge is -2.15. The number of rotatable bonds is 6. The summed E-state index contributed by atoms with van der Waals surface area (Å²) in [5.41, 5.74) is 7.15. The van der Waals surface area contributed by atoms with E-state index >= 15 is 0 Å². The minimum Gasteiger partial charge on any atom is -0.355 e. The quantitative estimate of drug-likeness (QED) is 0.752. The highest BCUT2D eigenvalue weighted by Gasteiger charge is 2.16. The molecule has 2 atom stereocenters. The maximum absolute atomic E-state index is 11.8. The number of halogens is 1. The summed E-state index contributed by atoms with van der Waals surface area (Å²) in [5, 5.41) is 6.08. The predicted octanol–water partition coefficient (Wildman–Crippen LogP) is 2.08. The molecule has 1 rings (SSSR count). The Kier molecular flexibility index (Phi) is 6.65. The number of nitrogens with one attached hydrogen (secondary N) is 2. The molecule has 0 saturated carbocycles. The average molecular weight is 312 g/mol. The third-order valence-corrected chi connectivity index (χ3v) is 3.80. The molecule has 2 amide bonds. The number of hydrogen-bond acceptors (Lipinski definition) is 3. The Morgan fingerprint density at radius 1 is 1.33 bits per heavy atom. The van der Waals surface area contributed by atoms with Crippen molar-refractivity contribution >= 4 is 29.1 Å². The number of anilines is 1. The van der Waals surface area contributed by atoms with Gasteiger partial charge in [0.25, 0.3) is 0 Å². The lowest BCUT2D eigenvalue weighted by molar-refractivity contribution is -0.125. The summed E-state index contributed by atoms with van der Waals surface area (Å²) in [7, 11) is 0. The highest BCUT2D eigenvalue weighted by Crippen LogP contribution is 2.22. The smallest absolute Gasteiger partial charge is 0.226 e. The molecule has 5 nitrogen and oxygen atoms in total. The summed E-state index contributed by atoms with van der Waals surface area (Å²) in [6.45, 7) is 5.65. The Hall–Kier alpha value is -1.59. The van der Waals surface area contributed by atoms with Crippen LogP contribution in [0.4, 0.5) is 5.69 Å². The van der Waals surface area contributed by atoms with E-state index in [9.17, 15) is 9.59 Å². The van der Waals surface area contributed by atoms with E-state index in [0.717, 1.165) is 5.56 Å². The van der Waals surface area contributed by atoms with Crippen molar-refractivity contribution in [2.45, 2.75) is 33.2 Å². The Morgan fingerprint density at radius 2 is 2.00 bits per heavy atom. The van der Waals surface area contributed by atoms with Gasteiger partial charge in [0.15, 0.2) is 0 Å². The first kappa shape index (κ1) is 17.5. The highest BCUT2D eigenvalue weighted by atomic mass is 35.5. The van der Waals surface area contributed by atoms with E-state index in [0.29, 0.717) is 10.7 Å². The number of carbonyl (C=O) groups is 2. The van der Waals surface area contributed by atoms with Gasteiger partial charge >= 0.3 is 0 Å². The van der Waals surface area contributed by atoms with Gasteiger partial charge in [0.05, 0.1) is 0 Å². The first-order valence-corrected chi connectivity index (χ1v) is 7.29. The molecule has 0 aromatic heterocycles. The van der Waals surface area contributed by atoms with Crippen molar-refractivity contribution in [3.8, 4) is 0 Å². The number of nitrogens with two attached hydrogens (primary N) is 1. The van der Waals surface area contributed by atoms with Gasteiger partial charge in [-0.15, -0.1) is 0 Å². The van der Waals surface area contributed by atoms with E-state index in [1.807, 2.05) is 6.92 Å². The zero-order valence-corrected chi connectivity index (χ0v) is 13.3. The molecule has 0 spiro atoms. The third-order valence-electron chi connectivity index (χ3n) is 3.40. The van der Waals surface area contributed by atoms with E-state index in [1.165, 1.54) is 0 Å². The van der Waals surface area contributed by atoms with Gasteiger partial charge in [0.2, 0.25) is 11.8 Å². The third kappa shape index (κ3) is 5.36. The summed E-state index contributed by atoms with van der Waals surface area (Å²) < 4.78 is 0. The zero-order valence-electron chi connectivity index (χ0n) is 12.6. The van der Waals surface area contributed by atoms with Crippen LogP contribution in [-0.4, -0.2) is 24.4 Å². The van der Waals surface area contributed by atoms with Crippen LogP contribution in [-0.2, 0) is 9.59 Å². The maximum atomic E-state index is 11.8. The van der Waals surface area contributed by atoms with Crippen LogP contribution < -0.4 is 16.4 Å². The molecule has 0 aliphatic carbocycles. The Bertz CT molecular complexity index is 518. The van der Waals surface area contributed by atoms with Crippen LogP contribution in [0.5, 0.6) is 0 Å². The Labute approximate surface area is 130 Å². The summed E-state index contributed by atoms with van der Waals surface area (Å²) in [6.07, 6.45) is 0.198. The Balaban J connectivity index is 2.42. The molecule has 116 valence electrons. The molecule has 6 heteroatoms. The van der Waals surface area contributed by atoms with E-state index in [2.05, 4.69) is 10.6 Å². The molecule has 1 aromatic rings. The van der Waals surface area contributed by atoms with Crippen molar-refractivity contribution in [1.82, 2.24) is 5.32 Å². The fourth-order valence-corrected chi connectivity index (χ4v) is 1.83. The van der Waals surface area contributed by atoms with Crippen LogP contribution in [0.3, 0.4) is 0 Å². The van der Waals surface area contributed by atoms with Gasteiger partial charge in [0, 0.05) is 35.6 Å². The van der Waals surface area contributed by atoms with E-state index in [1.54, 1.807) is 32.0 Å². The normalized spacial score (nSPS) is 13.4. The molecule has 0 radical (unpaired) electrons. The summed E-state index contributed by atoms with van der Waals surface area (Å²) in [4.78, 5) is 23.5. The van der Waals surface area contributed by atoms with Crippen molar-refractivity contribution in [3.63, 3.8) is 0 Å². The molecule has 0 bridgehead atoms. The van der Waals surface area contributed by atoms with Gasteiger partial charge < -0.3 is 16.4 Å². The van der Waals surface area contributed by atoms with Crippen molar-refractivity contribution in [1.29, 1.82) is 0 Å². The number of carbonyl (C=O) groups excluding carboxylic acids is 2. The molecule has 4 N–H and O–H groups in total. The fraction of sp³-hybridized carbons (Fsp3) is 0.467. The van der Waals surface area contributed by atoms with Crippen LogP contribution in [0.15, 0.2) is 18.2 Å². The van der Waals surface area contributed by atoms with Crippen LogP contribution in [0, 0.1) is 12.8 Å². The van der Waals surface area contributed by atoms with E-state index < -0.39 is 0 Å². The summed E-state index contributed by atoms with van der Waals surface area (Å²) in [6, 6.07) is 5.11. The topological polar surface area (TPSA) is 84.2 Å². The van der Waals surface area contributed by atoms with E-state index in [4.69, 9.17) is 17.3 Å². The standard InChI is InChI=1S/C15H22ClN3O2/c1-9(11(3)17)15(21)18-8-7-14(20)19-13-6-4-5-12(16)10(13)2/h4-6,9,11H,7-8,17H2,1-3H3,(H,18,21)(H,19,20). The summed E-state index contributed by atoms with van der Waals surface area (Å²) >= 11 is 5.99. The van der Waals surface area contributed by atoms with Crippen molar-refractivity contribution in [3.05, 3.63) is 28.8 Å². The monoisotopic (exact) mass is 311 g/mol. The molecular formula is C15H22ClN3O2. The van der Waals surface area contributed by atoms with Crippen LogP contribution in [0.1, 0.15) is 25.8 Å². The minimum absolute atomic E-state index is 0.142. The number of hydrogen-bond donors (Lipinski definition) is 3. The molecule has 0 aliphatic rings. The van der Waals surface area contributed by atoms with Crippen molar-refractivity contribution < 1.29 is 9.59 Å². The Morgan fingerprint density at radius 3 is 2.62 bits per heavy atom. The first-order valence-electron chi connectivity index (χ1n) is 6.91. The molecule has 0 aliphatic heterocycles. The molecule has 21 heavy (non-hydrogen) atoms. The highest BCUT2D eigenvalue weighted by molar-refractivity contribution is 6.31. The van der Waals surface area contributed by atoms with E-state index in [-0.39, 0.29) is 36.7 Å². The lowest BCUT2D eigenvalue weighted by Crippen LogP contribution is -2.39. The second-order valence-electron chi connectivity index (χ2n) is 5.15. The van der Waals surface area contributed by atoms with Gasteiger partial charge in [0.1, 0.15) is 0 Å². The van der Waals surface area contributed by atoms with Gasteiger partial charge in [-0.25, -0.2) is 0 Å². The van der Waals surface area contributed by atoms with Crippen molar-refractivity contribution in [2.24, 2.45) is 11.7 Å². The second-order valence-corrected chi connectivity index (χ2v) is 5.56. The average Bonchev–Trinajstić information content (AvgIpc) is 2.42. The van der Waals surface area contributed by atoms with Gasteiger partial charge in [-0.3, -0.25) is 9.59 Å². The second kappa shape index (κ2) is 8.00. The predicted molar refractivity (Wildman–Crippen MR) is 85.3 cm³/mol. The molecule has 1 aromatic carbocycles. The van der Waals surface area contributed by atoms with Crippen LogP contribution >= 0.6 is 11.6 Å². The maximum Gasteiger partial charge on any atom is 0.226 e. The van der Waals surface area contributed by atoms with Gasteiger partial charge in [-0.05, 0) is 31.5 Å². The minimum atomic E-state index is -0.275.